The number of carbonyl (C=O) groups is 1. The van der Waals surface area contributed by atoms with Crippen molar-refractivity contribution in [3.63, 3.8) is 0 Å². The van der Waals surface area contributed by atoms with Gasteiger partial charge in [-0.05, 0) is 18.2 Å². The molecule has 0 atom stereocenters. The number of benzene rings is 1. The molecule has 1 aromatic heterocycles. The average Bonchev–Trinajstić information content (AvgIpc) is 2.87. The number of aromatic hydroxyl groups is 1. The third kappa shape index (κ3) is 3.64. The second-order valence-electron chi connectivity index (χ2n) is 4.23. The van der Waals surface area contributed by atoms with Crippen molar-refractivity contribution in [2.24, 2.45) is 0 Å². The number of likely N-dealkylation sites (N-methyl/N-ethyl adjacent to an activating group) is 1. The molecule has 2 rings (SSSR count). The monoisotopic (exact) mass is 294 g/mol. The van der Waals surface area contributed by atoms with Gasteiger partial charge < -0.3 is 15.7 Å². The van der Waals surface area contributed by atoms with Crippen molar-refractivity contribution in [3.05, 3.63) is 41.2 Å². The van der Waals surface area contributed by atoms with Gasteiger partial charge in [-0.3, -0.25) is 9.48 Å². The summed E-state index contributed by atoms with van der Waals surface area (Å²) in [5, 5.41) is 20.0. The van der Waals surface area contributed by atoms with Crippen LogP contribution in [0.4, 0.5) is 5.69 Å². The molecule has 0 aliphatic carbocycles. The fourth-order valence-electron chi connectivity index (χ4n) is 1.66. The molecule has 20 heavy (non-hydrogen) atoms. The molecule has 0 spiro atoms. The minimum Gasteiger partial charge on any atom is -0.508 e. The summed E-state index contributed by atoms with van der Waals surface area (Å²) in [5.74, 6) is 0.0618. The molecule has 1 aromatic carbocycles. The van der Waals surface area contributed by atoms with Gasteiger partial charge in [0.2, 0.25) is 5.91 Å². The number of phenolic OH excluding ortho intramolecular Hbond substituents is 1. The normalized spacial score (nSPS) is 10.3. The zero-order valence-corrected chi connectivity index (χ0v) is 11.7. The zero-order valence-electron chi connectivity index (χ0n) is 10.9. The number of phenols is 1. The minimum absolute atomic E-state index is 0.118. The van der Waals surface area contributed by atoms with E-state index >= 15 is 0 Å². The maximum absolute atomic E-state index is 11.2. The van der Waals surface area contributed by atoms with E-state index in [1.54, 1.807) is 37.6 Å². The molecule has 6 nitrogen and oxygen atoms in total. The van der Waals surface area contributed by atoms with Crippen LogP contribution in [0.5, 0.6) is 5.75 Å². The maximum Gasteiger partial charge on any atom is 0.241 e. The highest BCUT2D eigenvalue weighted by atomic mass is 35.5. The lowest BCUT2D eigenvalue weighted by atomic mass is 10.2. The molecule has 0 bridgehead atoms. The maximum atomic E-state index is 11.2. The molecule has 3 N–H and O–H groups in total. The van der Waals surface area contributed by atoms with E-state index in [4.69, 9.17) is 11.6 Å². The molecule has 0 unspecified atom stereocenters. The zero-order chi connectivity index (χ0) is 14.5. The Morgan fingerprint density at radius 1 is 1.50 bits per heavy atom. The molecule has 1 heterocycles. The molecule has 0 aliphatic heterocycles. The van der Waals surface area contributed by atoms with Crippen LogP contribution in [0, 0.1) is 0 Å². The second-order valence-corrected chi connectivity index (χ2v) is 4.66. The van der Waals surface area contributed by atoms with Gasteiger partial charge in [0.15, 0.2) is 0 Å². The summed E-state index contributed by atoms with van der Waals surface area (Å²) in [6.07, 6.45) is 3.33. The van der Waals surface area contributed by atoms with Crippen molar-refractivity contribution in [1.29, 1.82) is 0 Å². The number of hydrogen-bond donors (Lipinski definition) is 3. The largest absolute Gasteiger partial charge is 0.508 e. The number of halogens is 1. The van der Waals surface area contributed by atoms with E-state index in [2.05, 4.69) is 15.7 Å². The van der Waals surface area contributed by atoms with Crippen LogP contribution in [0.1, 0.15) is 5.56 Å². The number of nitrogens with one attached hydrogen (secondary N) is 2. The van der Waals surface area contributed by atoms with Crippen molar-refractivity contribution in [2.45, 2.75) is 13.1 Å². The average molecular weight is 295 g/mol. The van der Waals surface area contributed by atoms with E-state index in [0.29, 0.717) is 17.1 Å². The molecule has 2 aromatic rings. The number of aromatic nitrogens is 2. The van der Waals surface area contributed by atoms with Crippen LogP contribution in [0.15, 0.2) is 30.6 Å². The minimum atomic E-state index is -0.118. The summed E-state index contributed by atoms with van der Waals surface area (Å²) in [5.41, 5.74) is 1.45. The quantitative estimate of drug-likeness (QED) is 0.782. The van der Waals surface area contributed by atoms with Gasteiger partial charge in [-0.25, -0.2) is 0 Å². The third-order valence-electron chi connectivity index (χ3n) is 2.74. The van der Waals surface area contributed by atoms with Gasteiger partial charge in [-0.15, -0.1) is 0 Å². The van der Waals surface area contributed by atoms with Crippen LogP contribution in [0.2, 0.25) is 5.02 Å². The van der Waals surface area contributed by atoms with Gasteiger partial charge in [-0.1, -0.05) is 11.6 Å². The number of anilines is 1. The number of nitrogens with zero attached hydrogens (tertiary/aromatic N) is 2. The van der Waals surface area contributed by atoms with Crippen LogP contribution in [-0.4, -0.2) is 27.8 Å². The van der Waals surface area contributed by atoms with Gasteiger partial charge in [0.25, 0.3) is 0 Å². The van der Waals surface area contributed by atoms with E-state index in [1.165, 1.54) is 4.68 Å². The van der Waals surface area contributed by atoms with Crippen LogP contribution < -0.4 is 10.6 Å². The molecule has 0 saturated carbocycles. The van der Waals surface area contributed by atoms with E-state index in [-0.39, 0.29) is 18.2 Å². The topological polar surface area (TPSA) is 79.2 Å². The van der Waals surface area contributed by atoms with Crippen molar-refractivity contribution < 1.29 is 9.90 Å². The van der Waals surface area contributed by atoms with Gasteiger partial charge in [0.05, 0.1) is 11.9 Å². The second kappa shape index (κ2) is 6.29. The summed E-state index contributed by atoms with van der Waals surface area (Å²) >= 11 is 5.88. The standard InChI is InChI=1S/C13H15ClN4O2/c1-15-13(20)8-18-7-11(6-17-18)16-5-9-4-10(14)2-3-12(9)19/h2-4,6-7,16,19H,5,8H2,1H3,(H,15,20). The summed E-state index contributed by atoms with van der Waals surface area (Å²) in [7, 11) is 1.58. The Kier molecular flexibility index (Phi) is 4.47. The van der Waals surface area contributed by atoms with Crippen LogP contribution >= 0.6 is 11.6 Å². The van der Waals surface area contributed by atoms with E-state index in [1.807, 2.05) is 0 Å². The van der Waals surface area contributed by atoms with E-state index in [0.717, 1.165) is 5.69 Å². The smallest absolute Gasteiger partial charge is 0.241 e. The lowest BCUT2D eigenvalue weighted by Crippen LogP contribution is -2.23. The first kappa shape index (κ1) is 14.2. The number of hydrogen-bond acceptors (Lipinski definition) is 4. The SMILES string of the molecule is CNC(=O)Cn1cc(NCc2cc(Cl)ccc2O)cn1. The Hall–Kier alpha value is -2.21. The highest BCUT2D eigenvalue weighted by Gasteiger charge is 2.05. The molecule has 106 valence electrons. The molecular formula is C13H15ClN4O2. The van der Waals surface area contributed by atoms with Crippen molar-refractivity contribution in [3.8, 4) is 5.75 Å². The van der Waals surface area contributed by atoms with Gasteiger partial charge >= 0.3 is 0 Å². The van der Waals surface area contributed by atoms with Gasteiger partial charge in [-0.2, -0.15) is 5.10 Å². The van der Waals surface area contributed by atoms with Crippen LogP contribution in [-0.2, 0) is 17.9 Å². The number of rotatable bonds is 5. The molecule has 0 aliphatic rings. The molecular weight excluding hydrogens is 280 g/mol. The fourth-order valence-corrected chi connectivity index (χ4v) is 1.86. The first-order valence-electron chi connectivity index (χ1n) is 6.03. The molecule has 7 heteroatoms. The first-order valence-corrected chi connectivity index (χ1v) is 6.40. The summed E-state index contributed by atoms with van der Waals surface area (Å²) in [4.78, 5) is 11.2. The van der Waals surface area contributed by atoms with Gasteiger partial charge in [0.1, 0.15) is 12.3 Å². The number of carbonyl (C=O) groups excluding carboxylic acids is 1. The fraction of sp³-hybridized carbons (Fsp3) is 0.231. The first-order chi connectivity index (χ1) is 9.58. The lowest BCUT2D eigenvalue weighted by molar-refractivity contribution is -0.121. The van der Waals surface area contributed by atoms with E-state index < -0.39 is 0 Å². The van der Waals surface area contributed by atoms with Crippen LogP contribution in [0.25, 0.3) is 0 Å². The Bertz CT molecular complexity index is 612. The Morgan fingerprint density at radius 3 is 3.05 bits per heavy atom. The molecule has 0 fully saturated rings. The third-order valence-corrected chi connectivity index (χ3v) is 2.98. The Balaban J connectivity index is 1.97. The van der Waals surface area contributed by atoms with E-state index in [9.17, 15) is 9.90 Å². The number of amides is 1. The van der Waals surface area contributed by atoms with Crippen molar-refractivity contribution >= 4 is 23.2 Å². The lowest BCUT2D eigenvalue weighted by Gasteiger charge is -2.06. The summed E-state index contributed by atoms with van der Waals surface area (Å²) in [6.45, 7) is 0.582. The predicted molar refractivity (Wildman–Crippen MR) is 76.7 cm³/mol. The Morgan fingerprint density at radius 2 is 2.30 bits per heavy atom. The highest BCUT2D eigenvalue weighted by molar-refractivity contribution is 6.30. The Labute approximate surface area is 121 Å². The summed E-state index contributed by atoms with van der Waals surface area (Å²) < 4.78 is 1.53. The van der Waals surface area contributed by atoms with Crippen molar-refractivity contribution in [2.75, 3.05) is 12.4 Å². The highest BCUT2D eigenvalue weighted by Crippen LogP contribution is 2.22. The van der Waals surface area contributed by atoms with Crippen LogP contribution in [0.3, 0.4) is 0 Å². The van der Waals surface area contributed by atoms with Gasteiger partial charge in [0, 0.05) is 30.4 Å². The molecule has 1 amide bonds. The predicted octanol–water partition coefficient (Wildman–Crippen LogP) is 1.60. The summed E-state index contributed by atoms with van der Waals surface area (Å²) in [6, 6.07) is 4.87. The van der Waals surface area contributed by atoms with Crippen molar-refractivity contribution in [1.82, 2.24) is 15.1 Å². The molecule has 0 saturated heterocycles. The molecule has 0 radical (unpaired) electrons.